The standard InChI is InChI=1S/C24H31Cl2N3O4S/c1-15(2)27-24(31)18(5)28(13-19-10-11-20(25)21(26)12-19)22(30)14-29(34(6,32)33)23-16(3)8-7-9-17(23)4/h7-12,15,18H,13-14H2,1-6H3,(H,27,31)/t18-/m1/s1. The fraction of sp³-hybridized carbons (Fsp3) is 0.417. The Hall–Kier alpha value is -2.29. The molecule has 0 aliphatic heterocycles. The highest BCUT2D eigenvalue weighted by Crippen LogP contribution is 2.28. The Balaban J connectivity index is 2.47. The molecule has 0 aliphatic carbocycles. The van der Waals surface area contributed by atoms with Gasteiger partial charge in [0.25, 0.3) is 0 Å². The lowest BCUT2D eigenvalue weighted by Gasteiger charge is -2.32. The van der Waals surface area contributed by atoms with Crippen LogP contribution in [0.5, 0.6) is 0 Å². The van der Waals surface area contributed by atoms with Crippen LogP contribution in [0.4, 0.5) is 5.69 Å². The van der Waals surface area contributed by atoms with Crippen molar-refractivity contribution in [1.82, 2.24) is 10.2 Å². The van der Waals surface area contributed by atoms with Crippen molar-refractivity contribution in [2.24, 2.45) is 0 Å². The molecule has 34 heavy (non-hydrogen) atoms. The first-order valence-corrected chi connectivity index (χ1v) is 13.4. The molecule has 7 nitrogen and oxygen atoms in total. The fourth-order valence-electron chi connectivity index (χ4n) is 3.60. The number of nitrogens with zero attached hydrogens (tertiary/aromatic N) is 2. The number of carbonyl (C=O) groups is 2. The predicted octanol–water partition coefficient (Wildman–Crippen LogP) is 4.32. The Morgan fingerprint density at radius 1 is 1.00 bits per heavy atom. The molecule has 2 aromatic carbocycles. The molecule has 1 atom stereocenters. The molecule has 0 aliphatic rings. The molecule has 0 radical (unpaired) electrons. The minimum absolute atomic E-state index is 0.0484. The highest BCUT2D eigenvalue weighted by molar-refractivity contribution is 7.92. The van der Waals surface area contributed by atoms with Crippen molar-refractivity contribution in [3.05, 3.63) is 63.1 Å². The van der Waals surface area contributed by atoms with Gasteiger partial charge in [-0.2, -0.15) is 0 Å². The van der Waals surface area contributed by atoms with E-state index in [0.717, 1.165) is 21.7 Å². The van der Waals surface area contributed by atoms with E-state index in [2.05, 4.69) is 5.32 Å². The first-order chi connectivity index (χ1) is 15.7. The van der Waals surface area contributed by atoms with Gasteiger partial charge in [-0.1, -0.05) is 47.5 Å². The summed E-state index contributed by atoms with van der Waals surface area (Å²) in [5.74, 6) is -0.869. The fourth-order valence-corrected chi connectivity index (χ4v) is 4.88. The number of aryl methyl sites for hydroxylation is 2. The average molecular weight is 529 g/mol. The van der Waals surface area contributed by atoms with Crippen LogP contribution in [0.15, 0.2) is 36.4 Å². The smallest absolute Gasteiger partial charge is 0.244 e. The number of amides is 2. The molecule has 0 unspecified atom stereocenters. The van der Waals surface area contributed by atoms with Crippen LogP contribution in [-0.4, -0.2) is 50.0 Å². The molecule has 2 amide bonds. The van der Waals surface area contributed by atoms with Gasteiger partial charge in [-0.3, -0.25) is 13.9 Å². The maximum Gasteiger partial charge on any atom is 0.244 e. The number of rotatable bonds is 9. The van der Waals surface area contributed by atoms with Crippen LogP contribution in [-0.2, 0) is 26.2 Å². The summed E-state index contributed by atoms with van der Waals surface area (Å²) in [6.07, 6.45) is 1.06. The maximum atomic E-state index is 13.6. The van der Waals surface area contributed by atoms with Gasteiger partial charge in [0.05, 0.1) is 22.0 Å². The summed E-state index contributed by atoms with van der Waals surface area (Å²) in [6.45, 7) is 8.42. The minimum atomic E-state index is -3.79. The molecular weight excluding hydrogens is 497 g/mol. The zero-order valence-corrected chi connectivity index (χ0v) is 22.6. The molecule has 186 valence electrons. The lowest BCUT2D eigenvalue weighted by atomic mass is 10.1. The molecule has 0 heterocycles. The van der Waals surface area contributed by atoms with Gasteiger partial charge in [-0.25, -0.2) is 8.42 Å². The molecule has 10 heteroatoms. The third-order valence-corrected chi connectivity index (χ3v) is 7.15. The second kappa shape index (κ2) is 11.4. The number of para-hydroxylation sites is 1. The van der Waals surface area contributed by atoms with Gasteiger partial charge in [0.2, 0.25) is 21.8 Å². The maximum absolute atomic E-state index is 13.6. The number of halogens is 2. The molecule has 0 saturated carbocycles. The number of sulfonamides is 1. The van der Waals surface area contributed by atoms with Crippen LogP contribution in [0.3, 0.4) is 0 Å². The molecule has 0 aromatic heterocycles. The summed E-state index contributed by atoms with van der Waals surface area (Å²) in [4.78, 5) is 27.7. The van der Waals surface area contributed by atoms with Crippen molar-refractivity contribution in [2.45, 2.75) is 53.2 Å². The normalized spacial score (nSPS) is 12.4. The van der Waals surface area contributed by atoms with Gasteiger partial charge in [0.1, 0.15) is 12.6 Å². The van der Waals surface area contributed by atoms with E-state index in [1.165, 1.54) is 4.90 Å². The zero-order valence-electron chi connectivity index (χ0n) is 20.2. The van der Waals surface area contributed by atoms with E-state index in [4.69, 9.17) is 23.2 Å². The van der Waals surface area contributed by atoms with Crippen molar-refractivity contribution in [3.8, 4) is 0 Å². The van der Waals surface area contributed by atoms with Gasteiger partial charge in [-0.15, -0.1) is 0 Å². The van der Waals surface area contributed by atoms with Gasteiger partial charge in [0, 0.05) is 12.6 Å². The molecule has 2 aromatic rings. The number of benzene rings is 2. The molecule has 0 spiro atoms. The largest absolute Gasteiger partial charge is 0.352 e. The van der Waals surface area contributed by atoms with E-state index in [1.807, 2.05) is 19.9 Å². The molecule has 0 bridgehead atoms. The number of anilines is 1. The zero-order chi connectivity index (χ0) is 25.8. The Kier molecular flexibility index (Phi) is 9.39. The van der Waals surface area contributed by atoms with E-state index in [0.29, 0.717) is 21.3 Å². The van der Waals surface area contributed by atoms with Crippen LogP contribution in [0.1, 0.15) is 37.5 Å². The first-order valence-electron chi connectivity index (χ1n) is 10.8. The summed E-state index contributed by atoms with van der Waals surface area (Å²) in [5, 5.41) is 3.49. The lowest BCUT2D eigenvalue weighted by molar-refractivity contribution is -0.139. The number of carbonyl (C=O) groups excluding carboxylic acids is 2. The van der Waals surface area contributed by atoms with Crippen molar-refractivity contribution in [3.63, 3.8) is 0 Å². The number of hydrogen-bond acceptors (Lipinski definition) is 4. The summed E-state index contributed by atoms with van der Waals surface area (Å²) in [7, 11) is -3.79. The van der Waals surface area contributed by atoms with Crippen molar-refractivity contribution in [1.29, 1.82) is 0 Å². The van der Waals surface area contributed by atoms with E-state index >= 15 is 0 Å². The topological polar surface area (TPSA) is 86.8 Å². The Labute approximate surface area is 212 Å². The van der Waals surface area contributed by atoms with Crippen LogP contribution in [0.2, 0.25) is 10.0 Å². The van der Waals surface area contributed by atoms with E-state index in [-0.39, 0.29) is 18.5 Å². The van der Waals surface area contributed by atoms with Gasteiger partial charge < -0.3 is 10.2 Å². The van der Waals surface area contributed by atoms with Gasteiger partial charge in [-0.05, 0) is 63.4 Å². The summed E-state index contributed by atoms with van der Waals surface area (Å²) >= 11 is 12.2. The third kappa shape index (κ3) is 7.10. The summed E-state index contributed by atoms with van der Waals surface area (Å²) in [6, 6.07) is 9.36. The minimum Gasteiger partial charge on any atom is -0.352 e. The monoisotopic (exact) mass is 527 g/mol. The van der Waals surface area contributed by atoms with E-state index < -0.39 is 28.5 Å². The Morgan fingerprint density at radius 3 is 2.09 bits per heavy atom. The number of hydrogen-bond donors (Lipinski definition) is 1. The average Bonchev–Trinajstić information content (AvgIpc) is 2.71. The van der Waals surface area contributed by atoms with Crippen LogP contribution >= 0.6 is 23.2 Å². The van der Waals surface area contributed by atoms with Crippen LogP contribution in [0.25, 0.3) is 0 Å². The predicted molar refractivity (Wildman–Crippen MR) is 138 cm³/mol. The second-order valence-electron chi connectivity index (χ2n) is 8.62. The van der Waals surface area contributed by atoms with Crippen LogP contribution < -0.4 is 9.62 Å². The highest BCUT2D eigenvalue weighted by atomic mass is 35.5. The van der Waals surface area contributed by atoms with Gasteiger partial charge in [0.15, 0.2) is 0 Å². The first kappa shape index (κ1) is 28.0. The van der Waals surface area contributed by atoms with Gasteiger partial charge >= 0.3 is 0 Å². The molecule has 0 saturated heterocycles. The molecular formula is C24H31Cl2N3O4S. The molecule has 1 N–H and O–H groups in total. The third-order valence-electron chi connectivity index (χ3n) is 5.30. The molecule has 0 fully saturated rings. The molecule has 2 rings (SSSR count). The van der Waals surface area contributed by atoms with Crippen molar-refractivity contribution < 1.29 is 18.0 Å². The quantitative estimate of drug-likeness (QED) is 0.526. The summed E-state index contributed by atoms with van der Waals surface area (Å²) < 4.78 is 26.5. The van der Waals surface area contributed by atoms with Crippen molar-refractivity contribution >= 4 is 50.7 Å². The van der Waals surface area contributed by atoms with E-state index in [1.54, 1.807) is 51.1 Å². The Morgan fingerprint density at radius 2 is 1.59 bits per heavy atom. The van der Waals surface area contributed by atoms with E-state index in [9.17, 15) is 18.0 Å². The Bertz CT molecular complexity index is 1150. The summed E-state index contributed by atoms with van der Waals surface area (Å²) in [5.41, 5.74) is 2.55. The van der Waals surface area contributed by atoms with Crippen LogP contribution in [0, 0.1) is 13.8 Å². The SMILES string of the molecule is Cc1cccc(C)c1N(CC(=O)N(Cc1ccc(Cl)c(Cl)c1)[C@H](C)C(=O)NC(C)C)S(C)(=O)=O. The van der Waals surface area contributed by atoms with Crippen molar-refractivity contribution in [2.75, 3.05) is 17.1 Å². The second-order valence-corrected chi connectivity index (χ2v) is 11.3. The lowest BCUT2D eigenvalue weighted by Crippen LogP contribution is -2.52. The highest BCUT2D eigenvalue weighted by Gasteiger charge is 2.31. The number of nitrogens with one attached hydrogen (secondary N) is 1.